The Morgan fingerprint density at radius 3 is 1.94 bits per heavy atom. The molecule has 1 N–H and O–H groups in total. The second-order valence-electron chi connectivity index (χ2n) is 6.70. The highest BCUT2D eigenvalue weighted by Crippen LogP contribution is 2.20. The molecule has 0 aliphatic rings. The van der Waals surface area contributed by atoms with Gasteiger partial charge in [0.05, 0.1) is 6.21 Å². The zero-order chi connectivity index (χ0) is 21.1. The molecule has 0 aliphatic carbocycles. The van der Waals surface area contributed by atoms with E-state index in [0.717, 1.165) is 16.7 Å². The first-order valence-electron chi connectivity index (χ1n) is 9.92. The first-order chi connectivity index (χ1) is 15.3. The maximum atomic E-state index is 5.87. The molecule has 1 heterocycles. The van der Waals surface area contributed by atoms with Crippen molar-refractivity contribution in [3.63, 3.8) is 0 Å². The molecule has 0 saturated carbocycles. The molecule has 0 amide bonds. The minimum atomic E-state index is 0.215. The second kappa shape index (κ2) is 10.5. The highest BCUT2D eigenvalue weighted by Gasteiger charge is 2.08. The summed E-state index contributed by atoms with van der Waals surface area (Å²) in [4.78, 5) is 8.78. The first kappa shape index (κ1) is 20.1. The number of rotatable bonds is 9. The van der Waals surface area contributed by atoms with Crippen molar-refractivity contribution in [2.75, 3.05) is 5.43 Å². The van der Waals surface area contributed by atoms with Crippen molar-refractivity contribution in [2.45, 2.75) is 13.2 Å². The quantitative estimate of drug-likeness (QED) is 0.308. The minimum absolute atomic E-state index is 0.215. The van der Waals surface area contributed by atoms with Crippen molar-refractivity contribution in [2.24, 2.45) is 5.10 Å². The molecule has 0 saturated heterocycles. The minimum Gasteiger partial charge on any atom is -0.473 e. The van der Waals surface area contributed by atoms with Gasteiger partial charge in [0.2, 0.25) is 5.88 Å². The van der Waals surface area contributed by atoms with Crippen LogP contribution in [0.25, 0.3) is 0 Å². The summed E-state index contributed by atoms with van der Waals surface area (Å²) in [7, 11) is 0. The lowest BCUT2D eigenvalue weighted by molar-refractivity contribution is 0.259. The van der Waals surface area contributed by atoms with Crippen LogP contribution in [0.4, 0.5) is 5.82 Å². The zero-order valence-corrected chi connectivity index (χ0v) is 16.9. The van der Waals surface area contributed by atoms with Gasteiger partial charge in [-0.2, -0.15) is 15.1 Å². The van der Waals surface area contributed by atoms with E-state index in [2.05, 4.69) is 20.5 Å². The molecule has 154 valence electrons. The van der Waals surface area contributed by atoms with Gasteiger partial charge in [-0.05, 0) is 16.7 Å². The highest BCUT2D eigenvalue weighted by atomic mass is 16.5. The average Bonchev–Trinajstić information content (AvgIpc) is 2.83. The Kier molecular flexibility index (Phi) is 6.84. The number of anilines is 1. The molecule has 4 aromatic rings. The highest BCUT2D eigenvalue weighted by molar-refractivity contribution is 5.79. The summed E-state index contributed by atoms with van der Waals surface area (Å²) in [6, 6.07) is 31.5. The standard InChI is InChI=1S/C25H22N4O2/c1-4-10-20(11-5-1)17-26-29-23-16-24(30-18-21-12-6-2-7-13-21)28-25(27-23)31-19-22-14-8-3-9-15-22/h1-17H,18-19H2,(H,27,28,29). The fraction of sp³-hybridized carbons (Fsp3) is 0.0800. The molecule has 0 atom stereocenters. The number of hydrazone groups is 1. The average molecular weight is 410 g/mol. The summed E-state index contributed by atoms with van der Waals surface area (Å²) in [5.74, 6) is 0.882. The monoisotopic (exact) mass is 410 g/mol. The number of nitrogens with zero attached hydrogens (tertiary/aromatic N) is 3. The van der Waals surface area contributed by atoms with Gasteiger partial charge in [0, 0.05) is 6.07 Å². The SMILES string of the molecule is C(=NNc1cc(OCc2ccccc2)nc(OCc2ccccc2)n1)c1ccccc1. The van der Waals surface area contributed by atoms with Crippen molar-refractivity contribution < 1.29 is 9.47 Å². The van der Waals surface area contributed by atoms with E-state index >= 15 is 0 Å². The Morgan fingerprint density at radius 2 is 1.29 bits per heavy atom. The van der Waals surface area contributed by atoms with E-state index in [4.69, 9.17) is 9.47 Å². The van der Waals surface area contributed by atoms with Gasteiger partial charge in [0.1, 0.15) is 13.2 Å². The molecule has 1 aromatic heterocycles. The van der Waals surface area contributed by atoms with Gasteiger partial charge in [0.15, 0.2) is 5.82 Å². The lowest BCUT2D eigenvalue weighted by Gasteiger charge is -2.10. The molecule has 31 heavy (non-hydrogen) atoms. The van der Waals surface area contributed by atoms with E-state index in [9.17, 15) is 0 Å². The maximum absolute atomic E-state index is 5.87. The molecule has 6 heteroatoms. The van der Waals surface area contributed by atoms with E-state index in [1.807, 2.05) is 91.0 Å². The lowest BCUT2D eigenvalue weighted by atomic mass is 10.2. The number of nitrogens with one attached hydrogen (secondary N) is 1. The maximum Gasteiger partial charge on any atom is 0.322 e. The third-order valence-electron chi connectivity index (χ3n) is 4.31. The third kappa shape index (κ3) is 6.40. The number of hydrogen-bond donors (Lipinski definition) is 1. The normalized spacial score (nSPS) is 10.7. The van der Waals surface area contributed by atoms with Gasteiger partial charge < -0.3 is 9.47 Å². The van der Waals surface area contributed by atoms with E-state index < -0.39 is 0 Å². The Morgan fingerprint density at radius 1 is 0.710 bits per heavy atom. The summed E-state index contributed by atoms with van der Waals surface area (Å²) >= 11 is 0. The van der Waals surface area contributed by atoms with Gasteiger partial charge in [-0.15, -0.1) is 0 Å². The Labute approximate surface area is 181 Å². The van der Waals surface area contributed by atoms with E-state index in [1.54, 1.807) is 12.3 Å². The van der Waals surface area contributed by atoms with Crippen molar-refractivity contribution in [1.82, 2.24) is 9.97 Å². The van der Waals surface area contributed by atoms with Crippen LogP contribution in [0.5, 0.6) is 11.9 Å². The Hall–Kier alpha value is -4.19. The van der Waals surface area contributed by atoms with Crippen molar-refractivity contribution >= 4 is 12.0 Å². The predicted octanol–water partition coefficient (Wildman–Crippen LogP) is 5.08. The zero-order valence-electron chi connectivity index (χ0n) is 16.9. The topological polar surface area (TPSA) is 68.6 Å². The van der Waals surface area contributed by atoms with Crippen LogP contribution in [0.15, 0.2) is 102 Å². The molecular formula is C25H22N4O2. The van der Waals surface area contributed by atoms with Crippen LogP contribution in [0.3, 0.4) is 0 Å². The van der Waals surface area contributed by atoms with Gasteiger partial charge >= 0.3 is 6.01 Å². The molecular weight excluding hydrogens is 388 g/mol. The van der Waals surface area contributed by atoms with Crippen molar-refractivity contribution in [3.05, 3.63) is 114 Å². The number of aromatic nitrogens is 2. The summed E-state index contributed by atoms with van der Waals surface area (Å²) in [5.41, 5.74) is 5.98. The first-order valence-corrected chi connectivity index (χ1v) is 9.92. The van der Waals surface area contributed by atoms with E-state index in [1.165, 1.54) is 0 Å². The Bertz CT molecular complexity index is 1040. The lowest BCUT2D eigenvalue weighted by Crippen LogP contribution is -2.05. The molecule has 0 spiro atoms. The van der Waals surface area contributed by atoms with Gasteiger partial charge in [0.25, 0.3) is 0 Å². The van der Waals surface area contributed by atoms with E-state index in [-0.39, 0.29) is 6.01 Å². The van der Waals surface area contributed by atoms with Gasteiger partial charge in [-0.25, -0.2) is 0 Å². The fourth-order valence-electron chi connectivity index (χ4n) is 2.77. The van der Waals surface area contributed by atoms with Crippen LogP contribution in [-0.4, -0.2) is 16.2 Å². The summed E-state index contributed by atoms with van der Waals surface area (Å²) in [5, 5.41) is 4.25. The summed E-state index contributed by atoms with van der Waals surface area (Å²) in [6.45, 7) is 0.748. The van der Waals surface area contributed by atoms with Crippen LogP contribution < -0.4 is 14.9 Å². The van der Waals surface area contributed by atoms with E-state index in [0.29, 0.717) is 24.9 Å². The number of ether oxygens (including phenoxy) is 2. The molecule has 0 unspecified atom stereocenters. The second-order valence-corrected chi connectivity index (χ2v) is 6.70. The predicted molar refractivity (Wildman–Crippen MR) is 121 cm³/mol. The van der Waals surface area contributed by atoms with Crippen molar-refractivity contribution in [1.29, 1.82) is 0 Å². The number of benzene rings is 3. The fourth-order valence-corrected chi connectivity index (χ4v) is 2.77. The van der Waals surface area contributed by atoms with Crippen LogP contribution >= 0.6 is 0 Å². The molecule has 3 aromatic carbocycles. The Balaban J connectivity index is 1.48. The van der Waals surface area contributed by atoms with Crippen molar-refractivity contribution in [3.8, 4) is 11.9 Å². The van der Waals surface area contributed by atoms with Crippen LogP contribution in [0.2, 0.25) is 0 Å². The molecule has 6 nitrogen and oxygen atoms in total. The molecule has 0 bridgehead atoms. The smallest absolute Gasteiger partial charge is 0.322 e. The van der Waals surface area contributed by atoms with Gasteiger partial charge in [-0.1, -0.05) is 91.0 Å². The van der Waals surface area contributed by atoms with Crippen LogP contribution in [-0.2, 0) is 13.2 Å². The molecule has 0 aliphatic heterocycles. The van der Waals surface area contributed by atoms with Gasteiger partial charge in [-0.3, -0.25) is 5.43 Å². The number of hydrogen-bond acceptors (Lipinski definition) is 6. The van der Waals surface area contributed by atoms with Crippen LogP contribution in [0, 0.1) is 0 Å². The molecule has 0 fully saturated rings. The summed E-state index contributed by atoms with van der Waals surface area (Å²) < 4.78 is 11.7. The third-order valence-corrected chi connectivity index (χ3v) is 4.31. The summed E-state index contributed by atoms with van der Waals surface area (Å²) in [6.07, 6.45) is 1.72. The largest absolute Gasteiger partial charge is 0.473 e. The molecule has 4 rings (SSSR count). The molecule has 0 radical (unpaired) electrons. The van der Waals surface area contributed by atoms with Crippen LogP contribution in [0.1, 0.15) is 16.7 Å².